The van der Waals surface area contributed by atoms with Crippen LogP contribution in [0.25, 0.3) is 10.9 Å². The van der Waals surface area contributed by atoms with Crippen LogP contribution in [0.15, 0.2) is 30.5 Å². The van der Waals surface area contributed by atoms with Gasteiger partial charge in [0, 0.05) is 23.5 Å². The van der Waals surface area contributed by atoms with E-state index in [-0.39, 0.29) is 13.0 Å². The van der Waals surface area contributed by atoms with Gasteiger partial charge in [0.2, 0.25) is 0 Å². The summed E-state index contributed by atoms with van der Waals surface area (Å²) in [6.07, 6.45) is -2.45. The maximum atomic E-state index is 10.4. The third-order valence-electron chi connectivity index (χ3n) is 3.80. The topological polar surface area (TPSA) is 106 Å². The number of nitrogens with one attached hydrogen (secondary N) is 1. The highest BCUT2D eigenvalue weighted by molar-refractivity contribution is 5.83. The summed E-state index contributed by atoms with van der Waals surface area (Å²) in [5, 5.41) is 40.4. The fraction of sp³-hybridized carbons (Fsp3) is 0.429. The smallest absolute Gasteiger partial charge is 0.198 e. The molecule has 1 saturated heterocycles. The minimum Gasteiger partial charge on any atom is -0.388 e. The highest BCUT2D eigenvalue weighted by Crippen LogP contribution is 2.30. The first-order valence-electron chi connectivity index (χ1n) is 6.47. The van der Waals surface area contributed by atoms with Gasteiger partial charge in [-0.15, -0.1) is 0 Å². The minimum atomic E-state index is -1.91. The minimum absolute atomic E-state index is 0.0158. The molecule has 3 rings (SSSR count). The van der Waals surface area contributed by atoms with Crippen LogP contribution in [0.3, 0.4) is 0 Å². The molecular weight excluding hydrogens is 262 g/mol. The third-order valence-corrected chi connectivity index (χ3v) is 3.80. The Morgan fingerprint density at radius 1 is 1.25 bits per heavy atom. The van der Waals surface area contributed by atoms with Gasteiger partial charge in [0.1, 0.15) is 18.3 Å². The van der Waals surface area contributed by atoms with Gasteiger partial charge >= 0.3 is 0 Å². The number of para-hydroxylation sites is 1. The average molecular weight is 279 g/mol. The first-order chi connectivity index (χ1) is 9.51. The maximum absolute atomic E-state index is 10.4. The van der Waals surface area contributed by atoms with Crippen molar-refractivity contribution in [1.29, 1.82) is 0 Å². The lowest BCUT2D eigenvalue weighted by atomic mass is 9.91. The Morgan fingerprint density at radius 2 is 2.00 bits per heavy atom. The number of aromatic nitrogens is 1. The van der Waals surface area contributed by atoms with Crippen LogP contribution in [0.4, 0.5) is 0 Å². The molecule has 5 N–H and O–H groups in total. The van der Waals surface area contributed by atoms with Gasteiger partial charge in [-0.25, -0.2) is 0 Å². The van der Waals surface area contributed by atoms with E-state index in [0.717, 1.165) is 16.5 Å². The van der Waals surface area contributed by atoms with Crippen molar-refractivity contribution in [3.05, 3.63) is 36.0 Å². The Hall–Kier alpha value is -1.44. The van der Waals surface area contributed by atoms with E-state index in [1.54, 1.807) is 6.20 Å². The molecule has 4 atom stereocenters. The second kappa shape index (κ2) is 4.83. The molecule has 1 aliphatic heterocycles. The van der Waals surface area contributed by atoms with E-state index in [4.69, 9.17) is 4.74 Å². The maximum Gasteiger partial charge on any atom is 0.198 e. The number of aromatic amines is 1. The van der Waals surface area contributed by atoms with Gasteiger partial charge in [0.05, 0.1) is 6.61 Å². The molecule has 0 bridgehead atoms. The Kier molecular flexibility index (Phi) is 3.27. The van der Waals surface area contributed by atoms with E-state index in [1.165, 1.54) is 0 Å². The lowest BCUT2D eigenvalue weighted by Crippen LogP contribution is -2.61. The summed E-state index contributed by atoms with van der Waals surface area (Å²) in [7, 11) is 0. The molecule has 1 fully saturated rings. The number of rotatable bonds is 2. The highest BCUT2D eigenvalue weighted by atomic mass is 16.6. The van der Waals surface area contributed by atoms with Gasteiger partial charge in [-0.3, -0.25) is 0 Å². The Morgan fingerprint density at radius 3 is 2.80 bits per heavy atom. The molecule has 2 heterocycles. The molecule has 6 nitrogen and oxygen atoms in total. The molecule has 1 unspecified atom stereocenters. The monoisotopic (exact) mass is 279 g/mol. The number of ether oxygens (including phenoxy) is 1. The summed E-state index contributed by atoms with van der Waals surface area (Å²) in [4.78, 5) is 3.07. The van der Waals surface area contributed by atoms with E-state index < -0.39 is 24.1 Å². The lowest BCUT2D eigenvalue weighted by Gasteiger charge is -2.41. The SMILES string of the molecule is O[C@@H]1[C@@H](O)COC(O)(Cc2c[nH]c3ccccc23)[C@H]1O. The van der Waals surface area contributed by atoms with E-state index in [2.05, 4.69) is 4.98 Å². The zero-order valence-electron chi connectivity index (χ0n) is 10.7. The molecular formula is C14H17NO5. The summed E-state index contributed by atoms with van der Waals surface area (Å²) in [5.74, 6) is -1.91. The molecule has 1 aliphatic rings. The number of aliphatic hydroxyl groups is 4. The molecule has 1 aromatic carbocycles. The quantitative estimate of drug-likeness (QED) is 0.510. The van der Waals surface area contributed by atoms with E-state index in [1.807, 2.05) is 24.3 Å². The molecule has 20 heavy (non-hydrogen) atoms. The summed E-state index contributed by atoms with van der Waals surface area (Å²) >= 11 is 0. The second-order valence-electron chi connectivity index (χ2n) is 5.19. The van der Waals surface area contributed by atoms with Crippen LogP contribution in [0.2, 0.25) is 0 Å². The van der Waals surface area contributed by atoms with Crippen molar-refractivity contribution in [2.45, 2.75) is 30.5 Å². The van der Waals surface area contributed by atoms with Crippen LogP contribution < -0.4 is 0 Å². The van der Waals surface area contributed by atoms with Crippen molar-refractivity contribution in [3.8, 4) is 0 Å². The van der Waals surface area contributed by atoms with Gasteiger partial charge < -0.3 is 30.1 Å². The molecule has 108 valence electrons. The number of hydrogen-bond donors (Lipinski definition) is 5. The number of hydrogen-bond acceptors (Lipinski definition) is 5. The predicted octanol–water partition coefficient (Wildman–Crippen LogP) is -0.488. The average Bonchev–Trinajstić information content (AvgIpc) is 2.85. The number of aliphatic hydroxyl groups excluding tert-OH is 3. The van der Waals surface area contributed by atoms with Crippen LogP contribution in [0.1, 0.15) is 5.56 Å². The highest BCUT2D eigenvalue weighted by Gasteiger charge is 2.48. The second-order valence-corrected chi connectivity index (χ2v) is 5.19. The van der Waals surface area contributed by atoms with Gasteiger partial charge in [0.15, 0.2) is 5.79 Å². The largest absolute Gasteiger partial charge is 0.388 e. The Labute approximate surface area is 115 Å². The van der Waals surface area contributed by atoms with Crippen molar-refractivity contribution < 1.29 is 25.2 Å². The third kappa shape index (κ3) is 2.11. The zero-order chi connectivity index (χ0) is 14.3. The molecule has 0 amide bonds. The van der Waals surface area contributed by atoms with Crippen LogP contribution in [0.5, 0.6) is 0 Å². The van der Waals surface area contributed by atoms with Crippen LogP contribution >= 0.6 is 0 Å². The predicted molar refractivity (Wildman–Crippen MR) is 70.9 cm³/mol. The zero-order valence-corrected chi connectivity index (χ0v) is 10.7. The Bertz CT molecular complexity index is 612. The van der Waals surface area contributed by atoms with Crippen molar-refractivity contribution in [2.75, 3.05) is 6.61 Å². The molecule has 0 spiro atoms. The van der Waals surface area contributed by atoms with Crippen molar-refractivity contribution in [3.63, 3.8) is 0 Å². The van der Waals surface area contributed by atoms with E-state index >= 15 is 0 Å². The molecule has 0 aliphatic carbocycles. The Balaban J connectivity index is 1.90. The van der Waals surface area contributed by atoms with Crippen molar-refractivity contribution in [2.24, 2.45) is 0 Å². The number of benzene rings is 1. The van der Waals surface area contributed by atoms with Crippen molar-refractivity contribution in [1.82, 2.24) is 4.98 Å². The molecule has 2 aromatic rings. The normalized spacial score (nSPS) is 34.5. The summed E-state index contributed by atoms with van der Waals surface area (Å²) in [6, 6.07) is 7.56. The summed E-state index contributed by atoms with van der Waals surface area (Å²) < 4.78 is 5.16. The standard InChI is InChI=1S/C14H17NO5/c16-11-7-20-14(19,13(18)12(11)17)5-8-6-15-10-4-2-1-3-9(8)10/h1-4,6,11-13,15-19H,5,7H2/t11-,12+,13-,14?/m0/s1. The molecule has 1 aromatic heterocycles. The van der Waals surface area contributed by atoms with Gasteiger partial charge in [0.25, 0.3) is 0 Å². The first-order valence-corrected chi connectivity index (χ1v) is 6.47. The van der Waals surface area contributed by atoms with Crippen molar-refractivity contribution >= 4 is 10.9 Å². The van der Waals surface area contributed by atoms with Crippen LogP contribution in [-0.4, -0.2) is 56.1 Å². The first kappa shape index (κ1) is 13.5. The molecule has 0 radical (unpaired) electrons. The van der Waals surface area contributed by atoms with E-state index in [0.29, 0.717) is 0 Å². The van der Waals surface area contributed by atoms with Crippen LogP contribution in [-0.2, 0) is 11.2 Å². The summed E-state index contributed by atoms with van der Waals surface area (Å²) in [5.41, 5.74) is 1.68. The molecule has 0 saturated carbocycles. The van der Waals surface area contributed by atoms with Gasteiger partial charge in [-0.2, -0.15) is 0 Å². The fourth-order valence-corrected chi connectivity index (χ4v) is 2.60. The summed E-state index contributed by atoms with van der Waals surface area (Å²) in [6.45, 7) is -0.225. The number of fused-ring (bicyclic) bond motifs is 1. The van der Waals surface area contributed by atoms with Gasteiger partial charge in [-0.1, -0.05) is 18.2 Å². The lowest BCUT2D eigenvalue weighted by molar-refractivity contribution is -0.320. The van der Waals surface area contributed by atoms with E-state index in [9.17, 15) is 20.4 Å². The van der Waals surface area contributed by atoms with Crippen LogP contribution in [0, 0.1) is 0 Å². The fourth-order valence-electron chi connectivity index (χ4n) is 2.60. The number of H-pyrrole nitrogens is 1. The molecule has 6 heteroatoms. The van der Waals surface area contributed by atoms with Gasteiger partial charge in [-0.05, 0) is 11.6 Å².